The van der Waals surface area contributed by atoms with E-state index in [-0.39, 0.29) is 10.6 Å². The third-order valence-corrected chi connectivity index (χ3v) is 2.46. The van der Waals surface area contributed by atoms with E-state index in [1.54, 1.807) is 23.7 Å². The van der Waals surface area contributed by atoms with Crippen LogP contribution < -0.4 is 0 Å². The van der Waals surface area contributed by atoms with E-state index in [1.165, 1.54) is 12.4 Å². The number of benzene rings is 1. The molecule has 1 heterocycles. The average molecular weight is 238 g/mol. The van der Waals surface area contributed by atoms with Crippen LogP contribution >= 0.6 is 11.6 Å². The molecule has 0 aliphatic rings. The highest BCUT2D eigenvalue weighted by atomic mass is 35.5. The topological polar surface area (TPSA) is 68.0 Å². The van der Waals surface area contributed by atoms with Crippen LogP contribution in [-0.4, -0.2) is 25.8 Å². The van der Waals surface area contributed by atoms with Crippen LogP contribution in [-0.2, 0) is 0 Å². The van der Waals surface area contributed by atoms with Gasteiger partial charge in [0.15, 0.2) is 0 Å². The summed E-state index contributed by atoms with van der Waals surface area (Å²) in [5.41, 5.74) is 0.758. The van der Waals surface area contributed by atoms with Crippen LogP contribution in [0.15, 0.2) is 24.5 Å². The first-order valence-electron chi connectivity index (χ1n) is 4.49. The summed E-state index contributed by atoms with van der Waals surface area (Å²) >= 11 is 5.85. The number of aromatic carboxylic acids is 1. The van der Waals surface area contributed by atoms with Crippen LogP contribution in [0.25, 0.3) is 5.69 Å². The summed E-state index contributed by atoms with van der Waals surface area (Å²) in [4.78, 5) is 14.7. The van der Waals surface area contributed by atoms with E-state index in [0.29, 0.717) is 11.5 Å². The quantitative estimate of drug-likeness (QED) is 0.867. The number of carboxylic acids is 1. The molecule has 5 nitrogen and oxygen atoms in total. The molecule has 0 aliphatic carbocycles. The molecule has 0 bridgehead atoms. The predicted octanol–water partition coefficient (Wildman–Crippen LogP) is 1.93. The highest BCUT2D eigenvalue weighted by molar-refractivity contribution is 6.33. The molecule has 0 aliphatic heterocycles. The Morgan fingerprint density at radius 1 is 1.50 bits per heavy atom. The number of aryl methyl sites for hydroxylation is 1. The Hall–Kier alpha value is -1.88. The predicted molar refractivity (Wildman–Crippen MR) is 58.1 cm³/mol. The van der Waals surface area contributed by atoms with Crippen LogP contribution in [0.1, 0.15) is 16.2 Å². The van der Waals surface area contributed by atoms with Gasteiger partial charge in [-0.1, -0.05) is 11.6 Å². The number of rotatable bonds is 2. The molecule has 0 amide bonds. The molecule has 0 radical (unpaired) electrons. The first-order chi connectivity index (χ1) is 7.59. The van der Waals surface area contributed by atoms with E-state index in [4.69, 9.17) is 16.7 Å². The zero-order valence-electron chi connectivity index (χ0n) is 8.38. The number of halogens is 1. The van der Waals surface area contributed by atoms with Crippen LogP contribution in [0, 0.1) is 6.92 Å². The van der Waals surface area contributed by atoms with Crippen LogP contribution in [0.4, 0.5) is 0 Å². The molecular formula is C10H8ClN3O2. The second-order valence-corrected chi connectivity index (χ2v) is 3.60. The van der Waals surface area contributed by atoms with Gasteiger partial charge in [-0.15, -0.1) is 0 Å². The third-order valence-electron chi connectivity index (χ3n) is 2.15. The summed E-state index contributed by atoms with van der Waals surface area (Å²) < 4.78 is 1.58. The summed E-state index contributed by atoms with van der Waals surface area (Å²) in [6, 6.07) is 4.63. The van der Waals surface area contributed by atoms with Crippen molar-refractivity contribution >= 4 is 17.6 Å². The van der Waals surface area contributed by atoms with Crippen LogP contribution in [0.2, 0.25) is 5.02 Å². The number of carboxylic acid groups (broad SMARTS) is 1. The lowest BCUT2D eigenvalue weighted by atomic mass is 10.2. The molecule has 1 N–H and O–H groups in total. The van der Waals surface area contributed by atoms with Crippen molar-refractivity contribution in [1.82, 2.24) is 14.8 Å². The molecule has 0 fully saturated rings. The summed E-state index contributed by atoms with van der Waals surface area (Å²) in [7, 11) is 0. The molecule has 0 saturated heterocycles. The fraction of sp³-hybridized carbons (Fsp3) is 0.100. The monoisotopic (exact) mass is 237 g/mol. The van der Waals surface area contributed by atoms with Gasteiger partial charge in [-0.3, -0.25) is 0 Å². The van der Waals surface area contributed by atoms with Gasteiger partial charge >= 0.3 is 5.97 Å². The zero-order valence-corrected chi connectivity index (χ0v) is 9.14. The Labute approximate surface area is 96.3 Å². The van der Waals surface area contributed by atoms with Gasteiger partial charge in [-0.25, -0.2) is 14.5 Å². The van der Waals surface area contributed by atoms with E-state index in [1.807, 2.05) is 0 Å². The van der Waals surface area contributed by atoms with E-state index in [2.05, 4.69) is 10.1 Å². The van der Waals surface area contributed by atoms with Crippen molar-refractivity contribution in [2.24, 2.45) is 0 Å². The van der Waals surface area contributed by atoms with Gasteiger partial charge in [0.05, 0.1) is 16.3 Å². The molecular weight excluding hydrogens is 230 g/mol. The standard InChI is InChI=1S/C10H8ClN3O2/c1-6-12-5-13-14(6)7-2-3-8(10(15)16)9(11)4-7/h2-5H,1H3,(H,15,16). The van der Waals surface area contributed by atoms with Crippen LogP contribution in [0.3, 0.4) is 0 Å². The minimum absolute atomic E-state index is 0.0724. The Kier molecular flexibility index (Phi) is 2.62. The van der Waals surface area contributed by atoms with Gasteiger partial charge in [0.1, 0.15) is 12.2 Å². The largest absolute Gasteiger partial charge is 0.478 e. The lowest BCUT2D eigenvalue weighted by Crippen LogP contribution is -2.02. The maximum Gasteiger partial charge on any atom is 0.337 e. The summed E-state index contributed by atoms with van der Waals surface area (Å²) in [6.45, 7) is 1.80. The lowest BCUT2D eigenvalue weighted by molar-refractivity contribution is 0.0697. The average Bonchev–Trinajstić information content (AvgIpc) is 2.63. The van der Waals surface area contributed by atoms with Gasteiger partial charge in [-0.05, 0) is 25.1 Å². The van der Waals surface area contributed by atoms with Crippen molar-refractivity contribution in [1.29, 1.82) is 0 Å². The Morgan fingerprint density at radius 3 is 2.75 bits per heavy atom. The summed E-state index contributed by atoms with van der Waals surface area (Å²) in [6.07, 6.45) is 1.42. The molecule has 0 saturated carbocycles. The smallest absolute Gasteiger partial charge is 0.337 e. The molecule has 16 heavy (non-hydrogen) atoms. The molecule has 0 atom stereocenters. The Bertz CT molecular complexity index is 551. The summed E-state index contributed by atoms with van der Waals surface area (Å²) in [5.74, 6) is -0.342. The first-order valence-corrected chi connectivity index (χ1v) is 4.87. The summed E-state index contributed by atoms with van der Waals surface area (Å²) in [5, 5.41) is 13.0. The lowest BCUT2D eigenvalue weighted by Gasteiger charge is -2.05. The minimum atomic E-state index is -1.05. The molecule has 82 valence electrons. The van der Waals surface area contributed by atoms with Gasteiger partial charge in [0.25, 0.3) is 0 Å². The second-order valence-electron chi connectivity index (χ2n) is 3.19. The molecule has 6 heteroatoms. The zero-order chi connectivity index (χ0) is 11.7. The van der Waals surface area contributed by atoms with E-state index < -0.39 is 5.97 Å². The molecule has 0 spiro atoms. The maximum atomic E-state index is 10.8. The van der Waals surface area contributed by atoms with Gasteiger partial charge in [-0.2, -0.15) is 5.10 Å². The van der Waals surface area contributed by atoms with Crippen molar-refractivity contribution in [2.45, 2.75) is 6.92 Å². The second kappa shape index (κ2) is 3.94. The van der Waals surface area contributed by atoms with Crippen molar-refractivity contribution in [3.8, 4) is 5.69 Å². The fourth-order valence-corrected chi connectivity index (χ4v) is 1.62. The highest BCUT2D eigenvalue weighted by Gasteiger charge is 2.10. The maximum absolute atomic E-state index is 10.8. The number of nitrogens with zero attached hydrogens (tertiary/aromatic N) is 3. The van der Waals surface area contributed by atoms with E-state index in [0.717, 1.165) is 0 Å². The molecule has 0 unspecified atom stereocenters. The highest BCUT2D eigenvalue weighted by Crippen LogP contribution is 2.20. The van der Waals surface area contributed by atoms with Gasteiger partial charge in [0.2, 0.25) is 0 Å². The molecule has 2 aromatic rings. The molecule has 1 aromatic carbocycles. The first kappa shape index (κ1) is 10.6. The minimum Gasteiger partial charge on any atom is -0.478 e. The van der Waals surface area contributed by atoms with Crippen molar-refractivity contribution < 1.29 is 9.90 Å². The van der Waals surface area contributed by atoms with E-state index >= 15 is 0 Å². The Balaban J connectivity index is 2.50. The fourth-order valence-electron chi connectivity index (χ4n) is 1.36. The number of hydrogen-bond acceptors (Lipinski definition) is 3. The van der Waals surface area contributed by atoms with Crippen molar-refractivity contribution in [3.05, 3.63) is 40.9 Å². The van der Waals surface area contributed by atoms with Gasteiger partial charge < -0.3 is 5.11 Å². The Morgan fingerprint density at radius 2 is 2.25 bits per heavy atom. The number of aromatic nitrogens is 3. The SMILES string of the molecule is Cc1ncnn1-c1ccc(C(=O)O)c(Cl)c1. The third kappa shape index (κ3) is 1.77. The number of hydrogen-bond donors (Lipinski definition) is 1. The molecule has 1 aromatic heterocycles. The van der Waals surface area contributed by atoms with Crippen molar-refractivity contribution in [2.75, 3.05) is 0 Å². The van der Waals surface area contributed by atoms with E-state index in [9.17, 15) is 4.79 Å². The van der Waals surface area contributed by atoms with Crippen LogP contribution in [0.5, 0.6) is 0 Å². The molecule has 2 rings (SSSR count). The van der Waals surface area contributed by atoms with Crippen molar-refractivity contribution in [3.63, 3.8) is 0 Å². The van der Waals surface area contributed by atoms with Gasteiger partial charge in [0, 0.05) is 0 Å². The normalized spacial score (nSPS) is 10.4. The number of carbonyl (C=O) groups is 1.